The van der Waals surface area contributed by atoms with Crippen LogP contribution in [-0.2, 0) is 9.59 Å². The van der Waals surface area contributed by atoms with Gasteiger partial charge in [0, 0.05) is 23.6 Å². The van der Waals surface area contributed by atoms with E-state index in [9.17, 15) is 14.0 Å². The summed E-state index contributed by atoms with van der Waals surface area (Å²) in [6.45, 7) is 0. The minimum Gasteiger partial charge on any atom is -0.497 e. The molecule has 3 aromatic rings. The molecule has 3 aromatic carbocycles. The Morgan fingerprint density at radius 2 is 1.92 bits per heavy atom. The van der Waals surface area contributed by atoms with Crippen molar-refractivity contribution < 1.29 is 18.7 Å². The molecule has 2 heterocycles. The van der Waals surface area contributed by atoms with E-state index in [1.807, 2.05) is 24.3 Å². The monoisotopic (exact) mass is 536 g/mol. The van der Waals surface area contributed by atoms with E-state index < -0.39 is 11.2 Å². The molecule has 0 bridgehead atoms. The third-order valence-electron chi connectivity index (χ3n) is 5.99. The summed E-state index contributed by atoms with van der Waals surface area (Å²) in [4.78, 5) is 29.6. The van der Waals surface area contributed by atoms with Gasteiger partial charge < -0.3 is 10.1 Å². The molecule has 2 amide bonds. The molecule has 10 heteroatoms. The number of amidine groups is 1. The molecule has 0 saturated carbocycles. The second kappa shape index (κ2) is 10.7. The highest BCUT2D eigenvalue weighted by Crippen LogP contribution is 2.38. The zero-order valence-electron chi connectivity index (χ0n) is 19.7. The van der Waals surface area contributed by atoms with Crippen LogP contribution in [0.4, 0.5) is 10.1 Å². The number of methoxy groups -OCH3 is 1. The summed E-state index contributed by atoms with van der Waals surface area (Å²) in [6, 6.07) is 20.3. The van der Waals surface area contributed by atoms with E-state index in [2.05, 4.69) is 10.3 Å². The van der Waals surface area contributed by atoms with Crippen molar-refractivity contribution in [3.63, 3.8) is 0 Å². The highest BCUT2D eigenvalue weighted by Gasteiger charge is 2.39. The number of amides is 2. The minimum absolute atomic E-state index is 0.0485. The lowest BCUT2D eigenvalue weighted by atomic mass is 9.98. The van der Waals surface area contributed by atoms with Crippen LogP contribution in [-0.4, -0.2) is 40.1 Å². The molecule has 0 fully saturated rings. The first-order chi connectivity index (χ1) is 17.9. The zero-order chi connectivity index (χ0) is 25.9. The van der Waals surface area contributed by atoms with Gasteiger partial charge in [-0.05, 0) is 65.7 Å². The molecule has 5 rings (SSSR count). The van der Waals surface area contributed by atoms with Gasteiger partial charge >= 0.3 is 0 Å². The van der Waals surface area contributed by atoms with Crippen LogP contribution in [0.2, 0.25) is 5.02 Å². The number of nitrogens with one attached hydrogen (secondary N) is 1. The molecule has 0 radical (unpaired) electrons. The van der Waals surface area contributed by atoms with Gasteiger partial charge in [-0.15, -0.1) is 0 Å². The van der Waals surface area contributed by atoms with Crippen molar-refractivity contribution in [3.05, 3.63) is 94.8 Å². The second-order valence-electron chi connectivity index (χ2n) is 8.49. The van der Waals surface area contributed by atoms with Crippen LogP contribution in [0.3, 0.4) is 0 Å². The number of hydrogen-bond donors (Lipinski definition) is 1. The number of rotatable bonds is 6. The highest BCUT2D eigenvalue weighted by molar-refractivity contribution is 8.15. The quantitative estimate of drug-likeness (QED) is 0.439. The van der Waals surface area contributed by atoms with Gasteiger partial charge in [0.1, 0.15) is 16.8 Å². The molecule has 2 atom stereocenters. The van der Waals surface area contributed by atoms with Gasteiger partial charge in [-0.25, -0.2) is 9.40 Å². The first kappa shape index (κ1) is 25.0. The van der Waals surface area contributed by atoms with Gasteiger partial charge in [0.2, 0.25) is 5.91 Å². The summed E-state index contributed by atoms with van der Waals surface area (Å²) < 4.78 is 18.9. The Bertz CT molecular complexity index is 1400. The van der Waals surface area contributed by atoms with E-state index in [0.29, 0.717) is 22.3 Å². The van der Waals surface area contributed by atoms with Gasteiger partial charge in [0.25, 0.3) is 5.91 Å². The third-order valence-corrected chi connectivity index (χ3v) is 7.37. The number of nitrogens with zero attached hydrogens (tertiary/aromatic N) is 3. The molecule has 188 valence electrons. The van der Waals surface area contributed by atoms with Crippen molar-refractivity contribution in [3.8, 4) is 5.75 Å². The fourth-order valence-electron chi connectivity index (χ4n) is 4.14. The number of hydrazone groups is 1. The summed E-state index contributed by atoms with van der Waals surface area (Å²) in [5, 5.41) is 9.49. The number of anilines is 1. The highest BCUT2D eigenvalue weighted by atomic mass is 35.5. The van der Waals surface area contributed by atoms with E-state index in [4.69, 9.17) is 21.4 Å². The summed E-state index contributed by atoms with van der Waals surface area (Å²) in [5.74, 6) is -0.316. The van der Waals surface area contributed by atoms with Gasteiger partial charge in [0.05, 0.1) is 18.9 Å². The van der Waals surface area contributed by atoms with Crippen molar-refractivity contribution in [2.75, 3.05) is 12.4 Å². The lowest BCUT2D eigenvalue weighted by Gasteiger charge is -2.23. The first-order valence-corrected chi connectivity index (χ1v) is 12.8. The van der Waals surface area contributed by atoms with Crippen LogP contribution >= 0.6 is 23.4 Å². The number of benzene rings is 3. The lowest BCUT2D eigenvalue weighted by Crippen LogP contribution is -2.25. The molecule has 0 saturated heterocycles. The molecular formula is C27H22ClFN4O3S. The molecule has 0 aromatic heterocycles. The molecule has 0 unspecified atom stereocenters. The molecule has 0 spiro atoms. The number of hydrogen-bond acceptors (Lipinski definition) is 6. The number of thioether (sulfide) groups is 1. The molecule has 1 N–H and O–H groups in total. The molecule has 2 aliphatic heterocycles. The van der Waals surface area contributed by atoms with Crippen molar-refractivity contribution >= 4 is 51.7 Å². The van der Waals surface area contributed by atoms with E-state index in [1.54, 1.807) is 48.5 Å². The predicted octanol–water partition coefficient (Wildman–Crippen LogP) is 5.67. The Morgan fingerprint density at radius 1 is 1.16 bits per heavy atom. The summed E-state index contributed by atoms with van der Waals surface area (Å²) >= 11 is 7.19. The van der Waals surface area contributed by atoms with Crippen LogP contribution < -0.4 is 10.1 Å². The third kappa shape index (κ3) is 5.68. The number of ether oxygens (including phenoxy) is 1. The predicted molar refractivity (Wildman–Crippen MR) is 144 cm³/mol. The summed E-state index contributed by atoms with van der Waals surface area (Å²) in [6.07, 6.45) is 0.485. The SMILES string of the molecule is COc1ccc(C2=NN(C3=NC(=O)[C@H](CC(=O)Nc4cccc(Cl)c4)S3)[C@@H](c3ccc(F)cc3)C2)cc1. The van der Waals surface area contributed by atoms with Gasteiger partial charge in [0.15, 0.2) is 5.17 Å². The largest absolute Gasteiger partial charge is 0.497 e. The molecule has 0 aliphatic carbocycles. The maximum Gasteiger partial charge on any atom is 0.262 e. The molecule has 2 aliphatic rings. The van der Waals surface area contributed by atoms with E-state index in [-0.39, 0.29) is 24.2 Å². The van der Waals surface area contributed by atoms with Crippen LogP contribution in [0.15, 0.2) is 82.9 Å². The number of aliphatic imine (C=N–C) groups is 1. The Kier molecular flexibility index (Phi) is 7.25. The van der Waals surface area contributed by atoms with Crippen LogP contribution in [0.5, 0.6) is 5.75 Å². The number of carbonyl (C=O) groups excluding carboxylic acids is 2. The summed E-state index contributed by atoms with van der Waals surface area (Å²) in [5.41, 5.74) is 3.10. The second-order valence-corrected chi connectivity index (χ2v) is 10.1. The average Bonchev–Trinajstić information content (AvgIpc) is 3.48. The fourth-order valence-corrected chi connectivity index (χ4v) is 5.39. The maximum atomic E-state index is 13.6. The van der Waals surface area contributed by atoms with Gasteiger partial charge in [-0.1, -0.05) is 41.6 Å². The van der Waals surface area contributed by atoms with Gasteiger partial charge in [-0.3, -0.25) is 9.59 Å². The van der Waals surface area contributed by atoms with Crippen molar-refractivity contribution in [1.29, 1.82) is 0 Å². The molecule has 7 nitrogen and oxygen atoms in total. The van der Waals surface area contributed by atoms with E-state index >= 15 is 0 Å². The zero-order valence-corrected chi connectivity index (χ0v) is 21.3. The van der Waals surface area contributed by atoms with E-state index in [1.165, 1.54) is 23.9 Å². The smallest absolute Gasteiger partial charge is 0.262 e. The Hall–Kier alpha value is -3.69. The number of halogens is 2. The molecular weight excluding hydrogens is 515 g/mol. The van der Waals surface area contributed by atoms with Crippen LogP contribution in [0.1, 0.15) is 30.0 Å². The Labute approximate surface area is 222 Å². The minimum atomic E-state index is -0.678. The van der Waals surface area contributed by atoms with Crippen LogP contribution in [0, 0.1) is 5.82 Å². The first-order valence-electron chi connectivity index (χ1n) is 11.5. The maximum absolute atomic E-state index is 13.6. The summed E-state index contributed by atoms with van der Waals surface area (Å²) in [7, 11) is 1.60. The van der Waals surface area contributed by atoms with Crippen molar-refractivity contribution in [1.82, 2.24) is 5.01 Å². The Balaban J connectivity index is 1.35. The average molecular weight is 537 g/mol. The fraction of sp³-hybridized carbons (Fsp3) is 0.185. The molecule has 37 heavy (non-hydrogen) atoms. The standard InChI is InChI=1S/C27H22ClFN4O3S/c1-36-21-11-7-16(8-12-21)22-14-23(17-5-9-19(29)10-6-17)33(32-22)27-31-26(35)24(37-27)15-25(34)30-20-4-2-3-18(28)13-20/h2-13,23-24H,14-15H2,1H3,(H,30,34)/t23-,24+/m1/s1. The topological polar surface area (TPSA) is 83.4 Å². The van der Waals surface area contributed by atoms with Gasteiger partial charge in [-0.2, -0.15) is 10.1 Å². The van der Waals surface area contributed by atoms with E-state index in [0.717, 1.165) is 22.6 Å². The lowest BCUT2D eigenvalue weighted by molar-refractivity contribution is -0.121. The van der Waals surface area contributed by atoms with Crippen molar-refractivity contribution in [2.24, 2.45) is 10.1 Å². The van der Waals surface area contributed by atoms with Crippen molar-refractivity contribution in [2.45, 2.75) is 24.1 Å². The Morgan fingerprint density at radius 3 is 2.62 bits per heavy atom. The normalized spacial score (nSPS) is 19.0. The van der Waals surface area contributed by atoms with Crippen LogP contribution in [0.25, 0.3) is 0 Å². The number of carbonyl (C=O) groups is 2.